The number of anilines is 1. The maximum atomic E-state index is 12.8. The van der Waals surface area contributed by atoms with Gasteiger partial charge in [0.15, 0.2) is 0 Å². The van der Waals surface area contributed by atoms with Crippen molar-refractivity contribution in [1.29, 1.82) is 0 Å². The van der Waals surface area contributed by atoms with E-state index in [2.05, 4.69) is 15.8 Å². The van der Waals surface area contributed by atoms with Crippen LogP contribution in [-0.4, -0.2) is 18.0 Å². The Morgan fingerprint density at radius 1 is 1.08 bits per heavy atom. The Bertz CT molecular complexity index is 725. The van der Waals surface area contributed by atoms with Gasteiger partial charge in [-0.3, -0.25) is 9.59 Å². The van der Waals surface area contributed by atoms with E-state index >= 15 is 0 Å². The van der Waals surface area contributed by atoms with Gasteiger partial charge >= 0.3 is 0 Å². The second kappa shape index (κ2) is 8.57. The van der Waals surface area contributed by atoms with E-state index in [1.54, 1.807) is 36.4 Å². The third-order valence-electron chi connectivity index (χ3n) is 3.16. The van der Waals surface area contributed by atoms with Crippen molar-refractivity contribution < 1.29 is 14.0 Å². The van der Waals surface area contributed by atoms with Crippen molar-refractivity contribution in [3.05, 3.63) is 65.5 Å². The summed E-state index contributed by atoms with van der Waals surface area (Å²) in [6.07, 6.45) is 2.66. The molecular weight excluding hydrogens is 309 g/mol. The minimum Gasteiger partial charge on any atom is -0.326 e. The molecule has 2 aromatic carbocycles. The first-order valence-electron chi connectivity index (χ1n) is 7.57. The molecule has 5 nitrogen and oxygen atoms in total. The highest BCUT2D eigenvalue weighted by atomic mass is 19.1. The monoisotopic (exact) mass is 327 g/mol. The van der Waals surface area contributed by atoms with Crippen LogP contribution in [0.4, 0.5) is 10.1 Å². The second-order valence-corrected chi connectivity index (χ2v) is 5.13. The summed E-state index contributed by atoms with van der Waals surface area (Å²) in [4.78, 5) is 23.4. The highest BCUT2D eigenvalue weighted by Gasteiger charge is 2.05. The van der Waals surface area contributed by atoms with Gasteiger partial charge in [-0.1, -0.05) is 19.1 Å². The third kappa shape index (κ3) is 5.31. The minimum absolute atomic E-state index is 0.0569. The van der Waals surface area contributed by atoms with Crippen molar-refractivity contribution in [1.82, 2.24) is 5.43 Å². The average molecular weight is 327 g/mol. The molecule has 0 unspecified atom stereocenters. The average Bonchev–Trinajstić information content (AvgIpc) is 2.57. The molecule has 0 spiro atoms. The molecular formula is C18H18FN3O2. The van der Waals surface area contributed by atoms with Gasteiger partial charge in [0.05, 0.1) is 6.21 Å². The van der Waals surface area contributed by atoms with Crippen LogP contribution in [0, 0.1) is 5.82 Å². The highest BCUT2D eigenvalue weighted by Crippen LogP contribution is 2.10. The van der Waals surface area contributed by atoms with Crippen LogP contribution < -0.4 is 10.7 Å². The van der Waals surface area contributed by atoms with Crippen LogP contribution in [0.5, 0.6) is 0 Å². The van der Waals surface area contributed by atoms with E-state index in [0.717, 1.165) is 6.42 Å². The Labute approximate surface area is 139 Å². The number of carbonyl (C=O) groups is 2. The van der Waals surface area contributed by atoms with Gasteiger partial charge in [-0.15, -0.1) is 0 Å². The molecule has 2 aromatic rings. The topological polar surface area (TPSA) is 70.6 Å². The fourth-order valence-electron chi connectivity index (χ4n) is 1.93. The summed E-state index contributed by atoms with van der Waals surface area (Å²) in [5, 5.41) is 6.57. The first kappa shape index (κ1) is 17.3. The smallest absolute Gasteiger partial charge is 0.271 e. The number of halogens is 1. The fourth-order valence-corrected chi connectivity index (χ4v) is 1.93. The van der Waals surface area contributed by atoms with E-state index in [0.29, 0.717) is 23.2 Å². The lowest BCUT2D eigenvalue weighted by Gasteiger charge is -2.05. The van der Waals surface area contributed by atoms with Crippen molar-refractivity contribution in [2.24, 2.45) is 5.10 Å². The zero-order chi connectivity index (χ0) is 17.4. The standard InChI is InChI=1S/C18H18FN3O2/c1-2-3-17(23)21-16-10-6-14(7-11-16)18(24)22-20-12-13-4-8-15(19)9-5-13/h4-12H,2-3H2,1H3,(H,21,23)(H,22,24)/b20-12+. The number of carbonyl (C=O) groups excluding carboxylic acids is 2. The third-order valence-corrected chi connectivity index (χ3v) is 3.16. The largest absolute Gasteiger partial charge is 0.326 e. The number of hydrogen-bond donors (Lipinski definition) is 2. The van der Waals surface area contributed by atoms with Crippen molar-refractivity contribution in [2.45, 2.75) is 19.8 Å². The summed E-state index contributed by atoms with van der Waals surface area (Å²) in [6.45, 7) is 1.93. The summed E-state index contributed by atoms with van der Waals surface area (Å²) in [6, 6.07) is 12.3. The lowest BCUT2D eigenvalue weighted by atomic mass is 10.2. The molecule has 0 fully saturated rings. The van der Waals surface area contributed by atoms with Gasteiger partial charge in [0.2, 0.25) is 5.91 Å². The van der Waals surface area contributed by atoms with Crippen LogP contribution in [0.1, 0.15) is 35.7 Å². The Morgan fingerprint density at radius 3 is 2.38 bits per heavy atom. The molecule has 2 rings (SSSR count). The number of rotatable bonds is 6. The van der Waals surface area contributed by atoms with E-state index < -0.39 is 0 Å². The van der Waals surface area contributed by atoms with E-state index in [1.165, 1.54) is 18.3 Å². The summed E-state index contributed by atoms with van der Waals surface area (Å²) >= 11 is 0. The summed E-state index contributed by atoms with van der Waals surface area (Å²) in [5.74, 6) is -0.763. The first-order chi connectivity index (χ1) is 11.6. The Balaban J connectivity index is 1.90. The second-order valence-electron chi connectivity index (χ2n) is 5.13. The van der Waals surface area contributed by atoms with Gasteiger partial charge < -0.3 is 5.32 Å². The van der Waals surface area contributed by atoms with Gasteiger partial charge in [0.25, 0.3) is 5.91 Å². The SMILES string of the molecule is CCCC(=O)Nc1ccc(C(=O)N/N=C/c2ccc(F)cc2)cc1. The maximum Gasteiger partial charge on any atom is 0.271 e. The van der Waals surface area contributed by atoms with E-state index in [-0.39, 0.29) is 17.6 Å². The zero-order valence-corrected chi connectivity index (χ0v) is 13.3. The lowest BCUT2D eigenvalue weighted by molar-refractivity contribution is -0.116. The van der Waals surface area contributed by atoms with Gasteiger partial charge in [-0.05, 0) is 48.4 Å². The first-order valence-corrected chi connectivity index (χ1v) is 7.57. The fraction of sp³-hybridized carbons (Fsp3) is 0.167. The lowest BCUT2D eigenvalue weighted by Crippen LogP contribution is -2.17. The number of hydrazone groups is 1. The molecule has 0 heterocycles. The van der Waals surface area contributed by atoms with Gasteiger partial charge in [0, 0.05) is 17.7 Å². The van der Waals surface area contributed by atoms with Crippen LogP contribution in [0.3, 0.4) is 0 Å². The number of benzene rings is 2. The van der Waals surface area contributed by atoms with Crippen LogP contribution in [0.15, 0.2) is 53.6 Å². The molecule has 0 aliphatic carbocycles. The molecule has 0 aromatic heterocycles. The number of nitrogens with zero attached hydrogens (tertiary/aromatic N) is 1. The minimum atomic E-state index is -0.375. The van der Waals surface area contributed by atoms with Crippen LogP contribution >= 0.6 is 0 Å². The van der Waals surface area contributed by atoms with E-state index in [9.17, 15) is 14.0 Å². The maximum absolute atomic E-state index is 12.8. The van der Waals surface area contributed by atoms with Gasteiger partial charge in [-0.25, -0.2) is 9.82 Å². The summed E-state index contributed by atoms with van der Waals surface area (Å²) in [7, 11) is 0. The molecule has 24 heavy (non-hydrogen) atoms. The van der Waals surface area contributed by atoms with Crippen molar-refractivity contribution in [3.63, 3.8) is 0 Å². The molecule has 0 radical (unpaired) electrons. The summed E-state index contributed by atoms with van der Waals surface area (Å²) < 4.78 is 12.8. The Morgan fingerprint density at radius 2 is 1.75 bits per heavy atom. The van der Waals surface area contributed by atoms with Crippen molar-refractivity contribution >= 4 is 23.7 Å². The van der Waals surface area contributed by atoms with Crippen LogP contribution in [-0.2, 0) is 4.79 Å². The molecule has 2 N–H and O–H groups in total. The molecule has 0 saturated heterocycles. The quantitative estimate of drug-likeness (QED) is 0.631. The van der Waals surface area contributed by atoms with Gasteiger partial charge in [-0.2, -0.15) is 5.10 Å². The van der Waals surface area contributed by atoms with Crippen molar-refractivity contribution in [3.8, 4) is 0 Å². The summed E-state index contributed by atoms with van der Waals surface area (Å²) in [5.41, 5.74) is 4.12. The van der Waals surface area contributed by atoms with Gasteiger partial charge in [0.1, 0.15) is 5.82 Å². The molecule has 0 aliphatic heterocycles. The molecule has 124 valence electrons. The zero-order valence-electron chi connectivity index (χ0n) is 13.3. The van der Waals surface area contributed by atoms with Crippen LogP contribution in [0.25, 0.3) is 0 Å². The Kier molecular flexibility index (Phi) is 6.19. The molecule has 0 bridgehead atoms. The Hall–Kier alpha value is -3.02. The molecule has 6 heteroatoms. The molecule has 2 amide bonds. The number of amides is 2. The predicted molar refractivity (Wildman–Crippen MR) is 91.4 cm³/mol. The molecule has 0 aliphatic rings. The van der Waals surface area contributed by atoms with Crippen LogP contribution in [0.2, 0.25) is 0 Å². The van der Waals surface area contributed by atoms with Crippen molar-refractivity contribution in [2.75, 3.05) is 5.32 Å². The highest BCUT2D eigenvalue weighted by molar-refractivity contribution is 5.96. The molecule has 0 atom stereocenters. The number of nitrogens with one attached hydrogen (secondary N) is 2. The van der Waals surface area contributed by atoms with E-state index in [1.807, 2.05) is 6.92 Å². The normalized spacial score (nSPS) is 10.6. The molecule has 0 saturated carbocycles. The van der Waals surface area contributed by atoms with E-state index in [4.69, 9.17) is 0 Å². The number of hydrogen-bond acceptors (Lipinski definition) is 3. The predicted octanol–water partition coefficient (Wildman–Crippen LogP) is 3.33.